The monoisotopic (exact) mass is 254 g/mol. The van der Waals surface area contributed by atoms with E-state index in [-0.39, 0.29) is 6.03 Å². The van der Waals surface area contributed by atoms with Gasteiger partial charge in [0.05, 0.1) is 11.0 Å². The van der Waals surface area contributed by atoms with Gasteiger partial charge in [0.15, 0.2) is 0 Å². The Labute approximate surface area is 108 Å². The predicted octanol–water partition coefficient (Wildman–Crippen LogP) is 1.59. The van der Waals surface area contributed by atoms with Crippen LogP contribution in [0, 0.1) is 17.3 Å². The SMILES string of the molecule is CC#CCCNC(=O)NC(C)(C)C(C)(C)C(=O)O. The number of carbonyl (C=O) groups is 2. The molecule has 2 amide bonds. The molecule has 0 bridgehead atoms. The van der Waals surface area contributed by atoms with Gasteiger partial charge >= 0.3 is 12.0 Å². The average molecular weight is 254 g/mol. The van der Waals surface area contributed by atoms with Crippen molar-refractivity contribution in [3.8, 4) is 11.8 Å². The highest BCUT2D eigenvalue weighted by molar-refractivity contribution is 5.79. The van der Waals surface area contributed by atoms with Gasteiger partial charge in [-0.05, 0) is 34.6 Å². The van der Waals surface area contributed by atoms with Crippen molar-refractivity contribution < 1.29 is 14.7 Å². The van der Waals surface area contributed by atoms with Gasteiger partial charge in [-0.25, -0.2) is 4.79 Å². The molecule has 0 aromatic rings. The summed E-state index contributed by atoms with van der Waals surface area (Å²) in [6.45, 7) is 8.71. The first-order chi connectivity index (χ1) is 8.15. The Morgan fingerprint density at radius 1 is 1.22 bits per heavy atom. The summed E-state index contributed by atoms with van der Waals surface area (Å²) in [5.74, 6) is 4.60. The van der Waals surface area contributed by atoms with E-state index in [0.29, 0.717) is 13.0 Å². The van der Waals surface area contributed by atoms with Crippen LogP contribution in [0.5, 0.6) is 0 Å². The summed E-state index contributed by atoms with van der Waals surface area (Å²) >= 11 is 0. The van der Waals surface area contributed by atoms with Crippen LogP contribution < -0.4 is 10.6 Å². The lowest BCUT2D eigenvalue weighted by molar-refractivity contribution is -0.150. The van der Waals surface area contributed by atoms with Gasteiger partial charge in [-0.2, -0.15) is 0 Å². The third-order valence-electron chi connectivity index (χ3n) is 3.24. The van der Waals surface area contributed by atoms with E-state index >= 15 is 0 Å². The summed E-state index contributed by atoms with van der Waals surface area (Å²) in [7, 11) is 0. The Morgan fingerprint density at radius 2 is 1.78 bits per heavy atom. The average Bonchev–Trinajstić information content (AvgIpc) is 2.23. The van der Waals surface area contributed by atoms with Crippen molar-refractivity contribution in [3.63, 3.8) is 0 Å². The molecule has 0 aliphatic carbocycles. The highest BCUT2D eigenvalue weighted by atomic mass is 16.4. The number of carboxylic acids is 1. The van der Waals surface area contributed by atoms with E-state index in [1.54, 1.807) is 34.6 Å². The van der Waals surface area contributed by atoms with Crippen molar-refractivity contribution in [1.29, 1.82) is 0 Å². The lowest BCUT2D eigenvalue weighted by Crippen LogP contribution is -2.59. The molecule has 0 aliphatic rings. The minimum absolute atomic E-state index is 0.382. The van der Waals surface area contributed by atoms with Crippen LogP contribution >= 0.6 is 0 Å². The molecular weight excluding hydrogens is 232 g/mol. The lowest BCUT2D eigenvalue weighted by atomic mass is 9.74. The molecule has 0 saturated heterocycles. The van der Waals surface area contributed by atoms with Gasteiger partial charge in [0.2, 0.25) is 0 Å². The van der Waals surface area contributed by atoms with E-state index in [4.69, 9.17) is 5.11 Å². The van der Waals surface area contributed by atoms with E-state index < -0.39 is 16.9 Å². The zero-order valence-electron chi connectivity index (χ0n) is 11.7. The molecule has 0 fully saturated rings. The van der Waals surface area contributed by atoms with Crippen LogP contribution in [0.25, 0.3) is 0 Å². The maximum Gasteiger partial charge on any atom is 0.315 e. The van der Waals surface area contributed by atoms with Gasteiger partial charge in [-0.1, -0.05) is 0 Å². The Bertz CT molecular complexity index is 375. The number of rotatable bonds is 5. The molecule has 0 aromatic heterocycles. The number of aliphatic carboxylic acids is 1. The predicted molar refractivity (Wildman–Crippen MR) is 70.1 cm³/mol. The number of urea groups is 1. The molecule has 0 atom stereocenters. The van der Waals surface area contributed by atoms with E-state index in [2.05, 4.69) is 22.5 Å². The second kappa shape index (κ2) is 6.29. The van der Waals surface area contributed by atoms with E-state index in [0.717, 1.165) is 0 Å². The molecule has 0 spiro atoms. The quantitative estimate of drug-likeness (QED) is 0.515. The standard InChI is InChI=1S/C13H22N2O3/c1-6-7-8-9-14-11(18)15-13(4,5)12(2,3)10(16)17/h8-9H2,1-5H3,(H,16,17)(H2,14,15,18). The molecule has 3 N–H and O–H groups in total. The molecule has 5 heteroatoms. The van der Waals surface area contributed by atoms with E-state index in [9.17, 15) is 9.59 Å². The van der Waals surface area contributed by atoms with Gasteiger partial charge in [0.1, 0.15) is 0 Å². The third-order valence-corrected chi connectivity index (χ3v) is 3.24. The van der Waals surface area contributed by atoms with Crippen molar-refractivity contribution in [1.82, 2.24) is 10.6 Å². The fourth-order valence-electron chi connectivity index (χ4n) is 1.12. The first-order valence-electron chi connectivity index (χ1n) is 5.84. The second-order valence-corrected chi connectivity index (χ2v) is 5.11. The van der Waals surface area contributed by atoms with Gasteiger partial charge < -0.3 is 15.7 Å². The van der Waals surface area contributed by atoms with Crippen LogP contribution in [0.1, 0.15) is 41.0 Å². The Hall–Kier alpha value is -1.70. The van der Waals surface area contributed by atoms with Gasteiger partial charge in [-0.15, -0.1) is 11.8 Å². The molecule has 0 saturated carbocycles. The minimum Gasteiger partial charge on any atom is -0.481 e. The fourth-order valence-corrected chi connectivity index (χ4v) is 1.12. The van der Waals surface area contributed by atoms with Crippen LogP contribution in [0.15, 0.2) is 0 Å². The largest absolute Gasteiger partial charge is 0.481 e. The molecule has 0 rings (SSSR count). The first-order valence-corrected chi connectivity index (χ1v) is 5.84. The molecule has 102 valence electrons. The highest BCUT2D eigenvalue weighted by Gasteiger charge is 2.44. The molecule has 0 heterocycles. The topological polar surface area (TPSA) is 78.4 Å². The molecule has 0 aliphatic heterocycles. The summed E-state index contributed by atoms with van der Waals surface area (Å²) in [6.07, 6.45) is 0.576. The number of carboxylic acid groups (broad SMARTS) is 1. The zero-order chi connectivity index (χ0) is 14.4. The van der Waals surface area contributed by atoms with Crippen LogP contribution in [0.4, 0.5) is 4.79 Å². The zero-order valence-corrected chi connectivity index (χ0v) is 11.7. The maximum absolute atomic E-state index is 11.6. The van der Waals surface area contributed by atoms with Crippen LogP contribution in [-0.4, -0.2) is 29.2 Å². The minimum atomic E-state index is -1.06. The lowest BCUT2D eigenvalue weighted by Gasteiger charge is -2.38. The smallest absolute Gasteiger partial charge is 0.315 e. The first kappa shape index (κ1) is 16.3. The summed E-state index contributed by atoms with van der Waals surface area (Å²) in [5, 5.41) is 14.5. The molecule has 5 nitrogen and oxygen atoms in total. The third kappa shape index (κ3) is 4.28. The van der Waals surface area contributed by atoms with Crippen molar-refractivity contribution in [2.45, 2.75) is 46.6 Å². The van der Waals surface area contributed by atoms with Gasteiger partial charge in [-0.3, -0.25) is 4.79 Å². The van der Waals surface area contributed by atoms with E-state index in [1.807, 2.05) is 0 Å². The number of amides is 2. The summed E-state index contributed by atoms with van der Waals surface area (Å²) in [6, 6.07) is -0.382. The Balaban J connectivity index is 4.43. The fraction of sp³-hybridized carbons (Fsp3) is 0.692. The summed E-state index contributed by atoms with van der Waals surface area (Å²) in [5.41, 5.74) is -1.92. The number of nitrogens with one attached hydrogen (secondary N) is 2. The number of carbonyl (C=O) groups excluding carboxylic acids is 1. The van der Waals surface area contributed by atoms with Gasteiger partial charge in [0, 0.05) is 13.0 Å². The van der Waals surface area contributed by atoms with Crippen molar-refractivity contribution in [2.24, 2.45) is 5.41 Å². The van der Waals surface area contributed by atoms with Crippen LogP contribution in [-0.2, 0) is 4.79 Å². The highest BCUT2D eigenvalue weighted by Crippen LogP contribution is 2.30. The van der Waals surface area contributed by atoms with E-state index in [1.165, 1.54) is 0 Å². The summed E-state index contributed by atoms with van der Waals surface area (Å²) in [4.78, 5) is 22.8. The summed E-state index contributed by atoms with van der Waals surface area (Å²) < 4.78 is 0. The Morgan fingerprint density at radius 3 is 2.22 bits per heavy atom. The molecule has 18 heavy (non-hydrogen) atoms. The molecular formula is C13H22N2O3. The van der Waals surface area contributed by atoms with Crippen LogP contribution in [0.2, 0.25) is 0 Å². The molecule has 0 radical (unpaired) electrons. The molecule has 0 aromatic carbocycles. The normalized spacial score (nSPS) is 11.2. The number of hydrogen-bond donors (Lipinski definition) is 3. The molecule has 0 unspecified atom stereocenters. The second-order valence-electron chi connectivity index (χ2n) is 5.11. The maximum atomic E-state index is 11.6. The van der Waals surface area contributed by atoms with Crippen molar-refractivity contribution >= 4 is 12.0 Å². The van der Waals surface area contributed by atoms with Crippen molar-refractivity contribution in [3.05, 3.63) is 0 Å². The van der Waals surface area contributed by atoms with Gasteiger partial charge in [0.25, 0.3) is 0 Å². The van der Waals surface area contributed by atoms with Crippen LogP contribution in [0.3, 0.4) is 0 Å². The van der Waals surface area contributed by atoms with Crippen molar-refractivity contribution in [2.75, 3.05) is 6.54 Å². The Kier molecular flexibility index (Phi) is 5.70. The number of hydrogen-bond acceptors (Lipinski definition) is 2.